The first kappa shape index (κ1) is 16.4. The fourth-order valence-corrected chi connectivity index (χ4v) is 2.23. The van der Waals surface area contributed by atoms with Crippen molar-refractivity contribution in [2.75, 3.05) is 10.6 Å². The first-order valence-electron chi connectivity index (χ1n) is 7.17. The third kappa shape index (κ3) is 4.53. The Kier molecular flexibility index (Phi) is 5.49. The van der Waals surface area contributed by atoms with Gasteiger partial charge in [-0.1, -0.05) is 28.9 Å². The summed E-state index contributed by atoms with van der Waals surface area (Å²) in [6, 6.07) is 9.36. The number of benzene rings is 1. The molecule has 2 aromatic rings. The van der Waals surface area contributed by atoms with Crippen LogP contribution in [0.5, 0.6) is 0 Å². The molecule has 0 aliphatic carbocycles. The van der Waals surface area contributed by atoms with Crippen molar-refractivity contribution in [3.8, 4) is 0 Å². The molecule has 0 bridgehead atoms. The van der Waals surface area contributed by atoms with Gasteiger partial charge in [0.15, 0.2) is 0 Å². The summed E-state index contributed by atoms with van der Waals surface area (Å²) in [5, 5.41) is 6.02. The molecule has 0 aliphatic heterocycles. The lowest BCUT2D eigenvalue weighted by atomic mass is 10.2. The van der Waals surface area contributed by atoms with Crippen LogP contribution in [-0.2, 0) is 0 Å². The molecule has 1 amide bonds. The van der Waals surface area contributed by atoms with Crippen molar-refractivity contribution < 1.29 is 4.79 Å². The normalized spacial score (nSPS) is 11.8. The molecule has 116 valence electrons. The zero-order valence-electron chi connectivity index (χ0n) is 12.9. The van der Waals surface area contributed by atoms with Gasteiger partial charge >= 0.3 is 0 Å². The van der Waals surface area contributed by atoms with Crippen molar-refractivity contribution in [1.29, 1.82) is 0 Å². The standard InChI is InChI=1S/C16H19BrN4O/c1-4-10(2)18-16-19-11(3)8-14(21-16)15(22)20-13-7-5-6-12(17)9-13/h5-10H,4H2,1-3H3,(H,20,22)(H,18,19,21). The van der Waals surface area contributed by atoms with Crippen LogP contribution in [0.1, 0.15) is 36.5 Å². The molecule has 1 atom stereocenters. The number of nitrogens with one attached hydrogen (secondary N) is 2. The van der Waals surface area contributed by atoms with Crippen LogP contribution in [-0.4, -0.2) is 21.9 Å². The summed E-state index contributed by atoms with van der Waals surface area (Å²) in [5.74, 6) is 0.226. The van der Waals surface area contributed by atoms with Crippen LogP contribution in [0.3, 0.4) is 0 Å². The maximum Gasteiger partial charge on any atom is 0.274 e. The van der Waals surface area contributed by atoms with E-state index in [0.717, 1.165) is 16.6 Å². The molecule has 2 rings (SSSR count). The van der Waals surface area contributed by atoms with Gasteiger partial charge in [-0.25, -0.2) is 9.97 Å². The fourth-order valence-electron chi connectivity index (χ4n) is 1.83. The van der Waals surface area contributed by atoms with E-state index < -0.39 is 0 Å². The minimum Gasteiger partial charge on any atom is -0.352 e. The van der Waals surface area contributed by atoms with Crippen molar-refractivity contribution in [3.05, 3.63) is 46.2 Å². The highest BCUT2D eigenvalue weighted by molar-refractivity contribution is 9.10. The van der Waals surface area contributed by atoms with Crippen LogP contribution in [0.2, 0.25) is 0 Å². The minimum atomic E-state index is -0.254. The first-order valence-corrected chi connectivity index (χ1v) is 7.96. The van der Waals surface area contributed by atoms with Crippen LogP contribution in [0.25, 0.3) is 0 Å². The predicted octanol–water partition coefficient (Wildman–Crippen LogP) is 4.01. The quantitative estimate of drug-likeness (QED) is 0.842. The van der Waals surface area contributed by atoms with E-state index in [2.05, 4.69) is 43.5 Å². The molecule has 0 fully saturated rings. The van der Waals surface area contributed by atoms with Crippen molar-refractivity contribution in [2.45, 2.75) is 33.2 Å². The molecule has 0 spiro atoms. The molecule has 1 heterocycles. The number of hydrogen-bond donors (Lipinski definition) is 2. The molecule has 1 unspecified atom stereocenters. The summed E-state index contributed by atoms with van der Waals surface area (Å²) in [4.78, 5) is 21.0. The zero-order chi connectivity index (χ0) is 16.1. The summed E-state index contributed by atoms with van der Waals surface area (Å²) < 4.78 is 0.906. The second-order valence-electron chi connectivity index (χ2n) is 5.14. The van der Waals surface area contributed by atoms with Crippen LogP contribution in [0.15, 0.2) is 34.8 Å². The number of halogens is 1. The Labute approximate surface area is 138 Å². The van der Waals surface area contributed by atoms with Gasteiger partial charge in [-0.05, 0) is 44.5 Å². The van der Waals surface area contributed by atoms with E-state index in [4.69, 9.17) is 0 Å². The lowest BCUT2D eigenvalue weighted by Crippen LogP contribution is -2.19. The molecule has 1 aromatic carbocycles. The fraction of sp³-hybridized carbons (Fsp3) is 0.312. The molecule has 5 nitrogen and oxygen atoms in total. The third-order valence-corrected chi connectivity index (χ3v) is 3.65. The van der Waals surface area contributed by atoms with Crippen molar-refractivity contribution in [1.82, 2.24) is 9.97 Å². The molecule has 22 heavy (non-hydrogen) atoms. The lowest BCUT2D eigenvalue weighted by molar-refractivity contribution is 0.102. The summed E-state index contributed by atoms with van der Waals surface area (Å²) in [7, 11) is 0. The number of carbonyl (C=O) groups is 1. The second-order valence-corrected chi connectivity index (χ2v) is 6.05. The Morgan fingerprint density at radius 2 is 2.09 bits per heavy atom. The van der Waals surface area contributed by atoms with Crippen LogP contribution in [0.4, 0.5) is 11.6 Å². The molecule has 1 aromatic heterocycles. The lowest BCUT2D eigenvalue weighted by Gasteiger charge is -2.13. The summed E-state index contributed by atoms with van der Waals surface area (Å²) in [6.45, 7) is 5.97. The van der Waals surface area contributed by atoms with Gasteiger partial charge < -0.3 is 10.6 Å². The van der Waals surface area contributed by atoms with E-state index in [9.17, 15) is 4.79 Å². The molecule has 0 radical (unpaired) electrons. The van der Waals surface area contributed by atoms with E-state index in [1.54, 1.807) is 6.07 Å². The molecule has 0 saturated carbocycles. The van der Waals surface area contributed by atoms with Crippen LogP contribution in [0, 0.1) is 6.92 Å². The summed E-state index contributed by atoms with van der Waals surface area (Å²) in [6.07, 6.45) is 0.955. The monoisotopic (exact) mass is 362 g/mol. The number of aryl methyl sites for hydroxylation is 1. The summed E-state index contributed by atoms with van der Waals surface area (Å²) >= 11 is 3.38. The largest absolute Gasteiger partial charge is 0.352 e. The molecule has 2 N–H and O–H groups in total. The van der Waals surface area contributed by atoms with Crippen molar-refractivity contribution >= 4 is 33.5 Å². The maximum atomic E-state index is 12.3. The van der Waals surface area contributed by atoms with E-state index >= 15 is 0 Å². The average molecular weight is 363 g/mol. The van der Waals surface area contributed by atoms with Gasteiger partial charge in [-0.15, -0.1) is 0 Å². The number of anilines is 2. The number of amides is 1. The van der Waals surface area contributed by atoms with Gasteiger partial charge in [0.1, 0.15) is 5.69 Å². The van der Waals surface area contributed by atoms with E-state index in [0.29, 0.717) is 17.3 Å². The molecular formula is C16H19BrN4O. The molecule has 6 heteroatoms. The number of carbonyl (C=O) groups excluding carboxylic acids is 1. The first-order chi connectivity index (χ1) is 10.5. The Bertz CT molecular complexity index is 675. The molecule has 0 saturated heterocycles. The van der Waals surface area contributed by atoms with Gasteiger partial charge in [-0.2, -0.15) is 0 Å². The van der Waals surface area contributed by atoms with Gasteiger partial charge in [-0.3, -0.25) is 4.79 Å². The van der Waals surface area contributed by atoms with E-state index in [1.165, 1.54) is 0 Å². The van der Waals surface area contributed by atoms with Gasteiger partial charge in [0.2, 0.25) is 5.95 Å². The SMILES string of the molecule is CCC(C)Nc1nc(C)cc(C(=O)Nc2cccc(Br)c2)n1. The topological polar surface area (TPSA) is 66.9 Å². The highest BCUT2D eigenvalue weighted by Crippen LogP contribution is 2.16. The van der Waals surface area contributed by atoms with Crippen LogP contribution >= 0.6 is 15.9 Å². The zero-order valence-corrected chi connectivity index (χ0v) is 14.4. The second kappa shape index (κ2) is 7.35. The van der Waals surface area contributed by atoms with Crippen molar-refractivity contribution in [3.63, 3.8) is 0 Å². The number of hydrogen-bond acceptors (Lipinski definition) is 4. The summed E-state index contributed by atoms with van der Waals surface area (Å²) in [5.41, 5.74) is 1.81. The Balaban J connectivity index is 2.18. The van der Waals surface area contributed by atoms with Gasteiger partial charge in [0.05, 0.1) is 0 Å². The number of aromatic nitrogens is 2. The maximum absolute atomic E-state index is 12.3. The highest BCUT2D eigenvalue weighted by Gasteiger charge is 2.12. The number of nitrogens with zero attached hydrogens (tertiary/aromatic N) is 2. The molecular weight excluding hydrogens is 344 g/mol. The van der Waals surface area contributed by atoms with E-state index in [-0.39, 0.29) is 11.9 Å². The Hall–Kier alpha value is -1.95. The van der Waals surface area contributed by atoms with Gasteiger partial charge in [0, 0.05) is 21.9 Å². The highest BCUT2D eigenvalue weighted by atomic mass is 79.9. The van der Waals surface area contributed by atoms with E-state index in [1.807, 2.05) is 38.1 Å². The smallest absolute Gasteiger partial charge is 0.274 e. The average Bonchev–Trinajstić information content (AvgIpc) is 2.46. The number of rotatable bonds is 5. The van der Waals surface area contributed by atoms with Gasteiger partial charge in [0.25, 0.3) is 5.91 Å². The Morgan fingerprint density at radius 3 is 2.77 bits per heavy atom. The predicted molar refractivity (Wildman–Crippen MR) is 92.2 cm³/mol. The third-order valence-electron chi connectivity index (χ3n) is 3.16. The minimum absolute atomic E-state index is 0.253. The van der Waals surface area contributed by atoms with Crippen LogP contribution < -0.4 is 10.6 Å². The Morgan fingerprint density at radius 1 is 1.32 bits per heavy atom. The van der Waals surface area contributed by atoms with Crippen molar-refractivity contribution in [2.24, 2.45) is 0 Å². The molecule has 0 aliphatic rings.